The second-order valence-corrected chi connectivity index (χ2v) is 5.80. The van der Waals surface area contributed by atoms with Crippen molar-refractivity contribution in [2.24, 2.45) is 0 Å². The first-order valence-electron chi connectivity index (χ1n) is 8.27. The van der Waals surface area contributed by atoms with Crippen molar-refractivity contribution in [3.05, 3.63) is 46.6 Å². The second-order valence-electron chi connectivity index (χ2n) is 5.80. The molecule has 25 heavy (non-hydrogen) atoms. The number of aromatic nitrogens is 4. The number of hydrogen-bond donors (Lipinski definition) is 0. The van der Waals surface area contributed by atoms with Crippen LogP contribution in [-0.2, 0) is 11.3 Å². The third-order valence-corrected chi connectivity index (χ3v) is 3.89. The highest BCUT2D eigenvalue weighted by Gasteiger charge is 2.11. The summed E-state index contributed by atoms with van der Waals surface area (Å²) in [5.41, 5.74) is 3.72. The summed E-state index contributed by atoms with van der Waals surface area (Å²) in [4.78, 5) is 25.4. The third-order valence-electron chi connectivity index (χ3n) is 3.89. The predicted molar refractivity (Wildman–Crippen MR) is 98.3 cm³/mol. The van der Waals surface area contributed by atoms with E-state index >= 15 is 0 Å². The Balaban J connectivity index is 2.05. The summed E-state index contributed by atoms with van der Waals surface area (Å²) < 4.78 is 7.21. The van der Waals surface area contributed by atoms with Crippen LogP contribution in [-0.4, -0.2) is 40.6 Å². The molecular weight excluding hydrogens is 315 g/mol. The first-order valence-corrected chi connectivity index (χ1v) is 8.27. The van der Waals surface area contributed by atoms with Crippen molar-refractivity contribution >= 4 is 24.6 Å². The molecule has 3 heterocycles. The summed E-state index contributed by atoms with van der Waals surface area (Å²) in [6, 6.07) is 5.52. The summed E-state index contributed by atoms with van der Waals surface area (Å²) in [7, 11) is 5.64. The van der Waals surface area contributed by atoms with Crippen LogP contribution in [0.1, 0.15) is 19.0 Å². The average Bonchev–Trinajstić information content (AvgIpc) is 2.62. The molecule has 0 fully saturated rings. The van der Waals surface area contributed by atoms with Crippen molar-refractivity contribution in [3.63, 3.8) is 0 Å². The smallest absolute Gasteiger partial charge is 0.272 e. The summed E-state index contributed by atoms with van der Waals surface area (Å²) in [5.74, 6) is 0. The highest BCUT2D eigenvalue weighted by molar-refractivity contribution is 6.30. The summed E-state index contributed by atoms with van der Waals surface area (Å²) in [6.45, 7) is 5.36. The van der Waals surface area contributed by atoms with Gasteiger partial charge in [-0.05, 0) is 25.0 Å². The van der Waals surface area contributed by atoms with E-state index in [0.717, 1.165) is 17.5 Å². The Hall–Kier alpha value is -2.54. The Kier molecular flexibility index (Phi) is 5.24. The molecule has 0 aliphatic carbocycles. The fourth-order valence-corrected chi connectivity index (χ4v) is 2.60. The topological polar surface area (TPSA) is 69.9 Å². The van der Waals surface area contributed by atoms with Gasteiger partial charge in [0.25, 0.3) is 5.56 Å². The molecule has 2 radical (unpaired) electrons. The molecule has 0 spiro atoms. The number of pyridine rings is 2. The van der Waals surface area contributed by atoms with Crippen LogP contribution >= 0.6 is 0 Å². The van der Waals surface area contributed by atoms with E-state index in [0.29, 0.717) is 42.2 Å². The molecule has 0 bridgehead atoms. The van der Waals surface area contributed by atoms with E-state index in [1.807, 2.05) is 12.1 Å². The largest absolute Gasteiger partial charge is 0.380 e. The molecule has 0 N–H and O–H groups in total. The van der Waals surface area contributed by atoms with Crippen molar-refractivity contribution in [3.8, 4) is 11.1 Å². The maximum Gasteiger partial charge on any atom is 0.272 e. The van der Waals surface area contributed by atoms with E-state index in [-0.39, 0.29) is 5.56 Å². The van der Waals surface area contributed by atoms with Crippen LogP contribution in [0.2, 0.25) is 0 Å². The molecule has 7 heteroatoms. The fraction of sp³-hybridized carbons (Fsp3) is 0.333. The highest BCUT2D eigenvalue weighted by atomic mass is 16.5. The molecule has 126 valence electrons. The Labute approximate surface area is 147 Å². The van der Waals surface area contributed by atoms with Gasteiger partial charge in [0.05, 0.1) is 12.1 Å². The van der Waals surface area contributed by atoms with Crippen molar-refractivity contribution < 1.29 is 4.74 Å². The molecule has 3 aromatic heterocycles. The van der Waals surface area contributed by atoms with Crippen LogP contribution in [0.15, 0.2) is 35.4 Å². The van der Waals surface area contributed by atoms with Crippen LogP contribution in [0, 0.1) is 6.92 Å². The number of nitrogens with zero attached hydrogens (tertiary/aromatic N) is 4. The molecule has 0 aliphatic heterocycles. The Morgan fingerprint density at radius 1 is 1.16 bits per heavy atom. The second kappa shape index (κ2) is 7.57. The average molecular weight is 334 g/mol. The van der Waals surface area contributed by atoms with Gasteiger partial charge in [-0.3, -0.25) is 9.78 Å². The highest BCUT2D eigenvalue weighted by Crippen LogP contribution is 2.20. The van der Waals surface area contributed by atoms with E-state index in [2.05, 4.69) is 21.9 Å². The maximum absolute atomic E-state index is 12.5. The summed E-state index contributed by atoms with van der Waals surface area (Å²) >= 11 is 0. The molecule has 0 aliphatic rings. The zero-order chi connectivity index (χ0) is 17.8. The van der Waals surface area contributed by atoms with E-state index in [1.165, 1.54) is 0 Å². The van der Waals surface area contributed by atoms with E-state index in [9.17, 15) is 4.79 Å². The van der Waals surface area contributed by atoms with Gasteiger partial charge >= 0.3 is 0 Å². The van der Waals surface area contributed by atoms with Gasteiger partial charge in [0, 0.05) is 36.7 Å². The van der Waals surface area contributed by atoms with Gasteiger partial charge < -0.3 is 9.30 Å². The standard InChI is InChI=1S/C18H19BN4O2/c1-3-7-25-8-6-23-15-9-14(13-4-5-16(19)20-10-13)11-21-17(15)22-12(2)18(23)24/h4-5,9-11H,3,6-8H2,1-2H3. The van der Waals surface area contributed by atoms with Gasteiger partial charge in [-0.1, -0.05) is 19.1 Å². The fourth-order valence-electron chi connectivity index (χ4n) is 2.60. The van der Waals surface area contributed by atoms with Crippen molar-refractivity contribution in [2.75, 3.05) is 13.2 Å². The lowest BCUT2D eigenvalue weighted by atomic mass is 10.0. The quantitative estimate of drug-likeness (QED) is 0.503. The van der Waals surface area contributed by atoms with Crippen LogP contribution < -0.4 is 11.2 Å². The van der Waals surface area contributed by atoms with Crippen LogP contribution in [0.4, 0.5) is 0 Å². The Bertz CT molecular complexity index is 938. The van der Waals surface area contributed by atoms with Gasteiger partial charge in [-0.25, -0.2) is 9.97 Å². The lowest BCUT2D eigenvalue weighted by Gasteiger charge is -2.12. The summed E-state index contributed by atoms with van der Waals surface area (Å²) in [6.07, 6.45) is 4.36. The molecule has 3 aromatic rings. The third kappa shape index (κ3) is 3.77. The zero-order valence-corrected chi connectivity index (χ0v) is 14.4. The minimum atomic E-state index is -0.123. The van der Waals surface area contributed by atoms with E-state index in [1.54, 1.807) is 30.0 Å². The molecule has 0 saturated heterocycles. The van der Waals surface area contributed by atoms with Crippen LogP contribution in [0.5, 0.6) is 0 Å². The SMILES string of the molecule is [B]c1ccc(-c2cnc3nc(C)c(=O)n(CCOCCC)c3c2)cn1. The number of rotatable bonds is 6. The van der Waals surface area contributed by atoms with Crippen LogP contribution in [0.3, 0.4) is 0 Å². The lowest BCUT2D eigenvalue weighted by molar-refractivity contribution is 0.127. The van der Waals surface area contributed by atoms with Gasteiger partial charge in [-0.2, -0.15) is 0 Å². The van der Waals surface area contributed by atoms with Gasteiger partial charge in [0.1, 0.15) is 13.5 Å². The number of aryl methyl sites for hydroxylation is 1. The molecular formula is C18H19BN4O2. The van der Waals surface area contributed by atoms with E-state index in [4.69, 9.17) is 12.6 Å². The molecule has 0 atom stereocenters. The Morgan fingerprint density at radius 2 is 1.96 bits per heavy atom. The molecule has 0 amide bonds. The van der Waals surface area contributed by atoms with Gasteiger partial charge in [0.15, 0.2) is 5.65 Å². The molecule has 6 nitrogen and oxygen atoms in total. The number of fused-ring (bicyclic) bond motifs is 1. The monoisotopic (exact) mass is 334 g/mol. The van der Waals surface area contributed by atoms with Gasteiger partial charge in [0.2, 0.25) is 0 Å². The number of hydrogen-bond acceptors (Lipinski definition) is 5. The summed E-state index contributed by atoms with van der Waals surface area (Å²) in [5, 5.41) is 0. The lowest BCUT2D eigenvalue weighted by Crippen LogP contribution is -2.26. The molecule has 0 aromatic carbocycles. The van der Waals surface area contributed by atoms with Crippen molar-refractivity contribution in [2.45, 2.75) is 26.8 Å². The van der Waals surface area contributed by atoms with Crippen molar-refractivity contribution in [1.82, 2.24) is 19.5 Å². The van der Waals surface area contributed by atoms with Crippen LogP contribution in [0.25, 0.3) is 22.3 Å². The molecule has 0 saturated carbocycles. The first kappa shape index (κ1) is 17.3. The first-order chi connectivity index (χ1) is 12.1. The van der Waals surface area contributed by atoms with E-state index < -0.39 is 0 Å². The minimum absolute atomic E-state index is 0.123. The minimum Gasteiger partial charge on any atom is -0.380 e. The Morgan fingerprint density at radius 3 is 2.68 bits per heavy atom. The van der Waals surface area contributed by atoms with Crippen molar-refractivity contribution in [1.29, 1.82) is 0 Å². The maximum atomic E-state index is 12.5. The molecule has 0 unspecified atom stereocenters. The zero-order valence-electron chi connectivity index (χ0n) is 14.4. The predicted octanol–water partition coefficient (Wildman–Crippen LogP) is 1.38. The van der Waals surface area contributed by atoms with Gasteiger partial charge in [-0.15, -0.1) is 0 Å². The normalized spacial score (nSPS) is 11.1. The molecule has 3 rings (SSSR count). The number of ether oxygens (including phenoxy) is 1.